The van der Waals surface area contributed by atoms with Crippen molar-refractivity contribution in [2.45, 2.75) is 32.2 Å². The van der Waals surface area contributed by atoms with Gasteiger partial charge in [-0.25, -0.2) is 4.98 Å². The Balaban J connectivity index is 1.45. The van der Waals surface area contributed by atoms with Crippen LogP contribution in [0.1, 0.15) is 25.5 Å². The van der Waals surface area contributed by atoms with Crippen LogP contribution < -0.4 is 11.1 Å². The molecule has 0 radical (unpaired) electrons. The van der Waals surface area contributed by atoms with E-state index in [1.54, 1.807) is 0 Å². The van der Waals surface area contributed by atoms with E-state index in [9.17, 15) is 0 Å². The van der Waals surface area contributed by atoms with Crippen LogP contribution in [0, 0.1) is 0 Å². The quantitative estimate of drug-likeness (QED) is 0.622. The summed E-state index contributed by atoms with van der Waals surface area (Å²) in [5.74, 6) is 0.539. The van der Waals surface area contributed by atoms with Gasteiger partial charge in [0, 0.05) is 31.4 Å². The number of nitrogens with two attached hydrogens (primary N) is 1. The SMILES string of the molecule is CCN1CCCC1CN=C(N)NCCc1cn2ccccc2n1. The maximum Gasteiger partial charge on any atom is 0.188 e. The number of likely N-dealkylation sites (N-methyl/N-ethyl adjacent to an activating group) is 1. The third kappa shape index (κ3) is 4.01. The fourth-order valence-electron chi connectivity index (χ4n) is 3.20. The predicted molar refractivity (Wildman–Crippen MR) is 93.7 cm³/mol. The van der Waals surface area contributed by atoms with Gasteiger partial charge in [0.1, 0.15) is 5.65 Å². The Morgan fingerprint density at radius 1 is 1.48 bits per heavy atom. The Hall–Kier alpha value is -2.08. The van der Waals surface area contributed by atoms with Crippen molar-refractivity contribution in [1.29, 1.82) is 0 Å². The summed E-state index contributed by atoms with van der Waals surface area (Å²) in [5.41, 5.74) is 8.01. The van der Waals surface area contributed by atoms with Gasteiger partial charge in [-0.15, -0.1) is 0 Å². The van der Waals surface area contributed by atoms with Crippen molar-refractivity contribution in [2.75, 3.05) is 26.2 Å². The first-order valence-electron chi connectivity index (χ1n) is 8.46. The molecule has 1 aliphatic heterocycles. The number of nitrogens with one attached hydrogen (secondary N) is 1. The van der Waals surface area contributed by atoms with E-state index in [0.29, 0.717) is 12.0 Å². The van der Waals surface area contributed by atoms with Gasteiger partial charge in [-0.3, -0.25) is 9.89 Å². The molecule has 0 bridgehead atoms. The van der Waals surface area contributed by atoms with E-state index < -0.39 is 0 Å². The number of nitrogens with zero attached hydrogens (tertiary/aromatic N) is 4. The molecule has 0 spiro atoms. The Morgan fingerprint density at radius 3 is 3.22 bits per heavy atom. The fraction of sp³-hybridized carbons (Fsp3) is 0.529. The van der Waals surface area contributed by atoms with Crippen LogP contribution in [-0.4, -0.2) is 52.5 Å². The summed E-state index contributed by atoms with van der Waals surface area (Å²) in [5, 5.41) is 3.19. The van der Waals surface area contributed by atoms with Gasteiger partial charge in [-0.2, -0.15) is 0 Å². The molecule has 124 valence electrons. The summed E-state index contributed by atoms with van der Waals surface area (Å²) >= 11 is 0. The molecule has 2 aromatic rings. The number of aliphatic imine (C=N–C) groups is 1. The molecule has 1 fully saturated rings. The van der Waals surface area contributed by atoms with Crippen LogP contribution in [0.2, 0.25) is 0 Å². The first kappa shape index (κ1) is 15.8. The number of aromatic nitrogens is 2. The van der Waals surface area contributed by atoms with Crippen LogP contribution in [0.4, 0.5) is 0 Å². The Kier molecular flexibility index (Phi) is 5.12. The monoisotopic (exact) mass is 314 g/mol. The zero-order valence-electron chi connectivity index (χ0n) is 13.8. The summed E-state index contributed by atoms with van der Waals surface area (Å²) in [7, 11) is 0. The second kappa shape index (κ2) is 7.46. The van der Waals surface area contributed by atoms with Crippen LogP contribution in [0.25, 0.3) is 5.65 Å². The second-order valence-electron chi connectivity index (χ2n) is 6.03. The summed E-state index contributed by atoms with van der Waals surface area (Å²) < 4.78 is 2.03. The van der Waals surface area contributed by atoms with Crippen LogP contribution in [-0.2, 0) is 6.42 Å². The van der Waals surface area contributed by atoms with Gasteiger partial charge in [0.25, 0.3) is 0 Å². The first-order chi connectivity index (χ1) is 11.3. The third-order valence-electron chi connectivity index (χ3n) is 4.48. The van der Waals surface area contributed by atoms with Crippen molar-refractivity contribution in [3.8, 4) is 0 Å². The lowest BCUT2D eigenvalue weighted by Crippen LogP contribution is -2.36. The lowest BCUT2D eigenvalue weighted by Gasteiger charge is -2.20. The smallest absolute Gasteiger partial charge is 0.188 e. The van der Waals surface area contributed by atoms with Crippen molar-refractivity contribution in [2.24, 2.45) is 10.7 Å². The number of hydrogen-bond donors (Lipinski definition) is 2. The van der Waals surface area contributed by atoms with Gasteiger partial charge >= 0.3 is 0 Å². The molecule has 0 aliphatic carbocycles. The molecule has 6 nitrogen and oxygen atoms in total. The highest BCUT2D eigenvalue weighted by molar-refractivity contribution is 5.77. The van der Waals surface area contributed by atoms with Gasteiger partial charge < -0.3 is 15.5 Å². The van der Waals surface area contributed by atoms with Gasteiger partial charge in [0.15, 0.2) is 5.96 Å². The van der Waals surface area contributed by atoms with Crippen LogP contribution >= 0.6 is 0 Å². The van der Waals surface area contributed by atoms with Crippen molar-refractivity contribution in [3.63, 3.8) is 0 Å². The van der Waals surface area contributed by atoms with Crippen LogP contribution in [0.3, 0.4) is 0 Å². The Bertz CT molecular complexity index is 629. The molecule has 0 aromatic carbocycles. The molecule has 3 heterocycles. The minimum atomic E-state index is 0.539. The van der Waals surface area contributed by atoms with Gasteiger partial charge in [-0.1, -0.05) is 13.0 Å². The zero-order chi connectivity index (χ0) is 16.1. The van der Waals surface area contributed by atoms with Crippen molar-refractivity contribution in [3.05, 3.63) is 36.3 Å². The normalized spacial score (nSPS) is 19.5. The maximum absolute atomic E-state index is 5.97. The Morgan fingerprint density at radius 2 is 2.39 bits per heavy atom. The molecule has 0 saturated carbocycles. The van der Waals surface area contributed by atoms with Crippen molar-refractivity contribution in [1.82, 2.24) is 19.6 Å². The molecule has 1 saturated heterocycles. The summed E-state index contributed by atoms with van der Waals surface area (Å²) in [6.45, 7) is 6.04. The van der Waals surface area contributed by atoms with Gasteiger partial charge in [0.2, 0.25) is 0 Å². The van der Waals surface area contributed by atoms with Gasteiger partial charge in [-0.05, 0) is 38.1 Å². The van der Waals surface area contributed by atoms with Crippen molar-refractivity contribution < 1.29 is 0 Å². The molecule has 0 amide bonds. The standard InChI is InChI=1S/C17H26N6/c1-2-22-11-5-6-15(22)12-20-17(18)19-9-8-14-13-23-10-4-3-7-16(23)21-14/h3-4,7,10,13,15H,2,5-6,8-9,11-12H2,1H3,(H3,18,19,20). The largest absolute Gasteiger partial charge is 0.370 e. The fourth-order valence-corrected chi connectivity index (χ4v) is 3.20. The molecule has 3 N–H and O–H groups in total. The van der Waals surface area contributed by atoms with E-state index in [-0.39, 0.29) is 0 Å². The minimum absolute atomic E-state index is 0.539. The Labute approximate surface area is 137 Å². The molecule has 23 heavy (non-hydrogen) atoms. The number of imidazole rings is 1. The molecule has 1 unspecified atom stereocenters. The van der Waals surface area contributed by atoms with E-state index >= 15 is 0 Å². The van der Waals surface area contributed by atoms with Crippen molar-refractivity contribution >= 4 is 11.6 Å². The second-order valence-corrected chi connectivity index (χ2v) is 6.03. The topological polar surface area (TPSA) is 71.0 Å². The lowest BCUT2D eigenvalue weighted by atomic mass is 10.2. The zero-order valence-corrected chi connectivity index (χ0v) is 13.8. The van der Waals surface area contributed by atoms with E-state index in [0.717, 1.165) is 37.4 Å². The van der Waals surface area contributed by atoms with E-state index in [1.165, 1.54) is 19.4 Å². The molecule has 1 aliphatic rings. The summed E-state index contributed by atoms with van der Waals surface area (Å²) in [4.78, 5) is 11.5. The highest BCUT2D eigenvalue weighted by Gasteiger charge is 2.22. The number of fused-ring (bicyclic) bond motifs is 1. The molecular formula is C17H26N6. The summed E-state index contributed by atoms with van der Waals surface area (Å²) in [6.07, 6.45) is 7.40. The van der Waals surface area contributed by atoms with Crippen LogP contribution in [0.15, 0.2) is 35.6 Å². The van der Waals surface area contributed by atoms with E-state index in [4.69, 9.17) is 5.73 Å². The van der Waals surface area contributed by atoms with Crippen LogP contribution in [0.5, 0.6) is 0 Å². The molecule has 6 heteroatoms. The maximum atomic E-state index is 5.97. The van der Waals surface area contributed by atoms with E-state index in [1.807, 2.05) is 28.8 Å². The first-order valence-corrected chi connectivity index (χ1v) is 8.46. The number of likely N-dealkylation sites (tertiary alicyclic amines) is 1. The molecule has 1 atom stereocenters. The highest BCUT2D eigenvalue weighted by Crippen LogP contribution is 2.16. The number of guanidine groups is 1. The molecule has 2 aromatic heterocycles. The molecule has 3 rings (SSSR count). The molecular weight excluding hydrogens is 288 g/mol. The minimum Gasteiger partial charge on any atom is -0.370 e. The average Bonchev–Trinajstić information content (AvgIpc) is 3.18. The van der Waals surface area contributed by atoms with E-state index in [2.05, 4.69) is 33.3 Å². The average molecular weight is 314 g/mol. The van der Waals surface area contributed by atoms with Gasteiger partial charge in [0.05, 0.1) is 12.2 Å². The highest BCUT2D eigenvalue weighted by atomic mass is 15.2. The lowest BCUT2D eigenvalue weighted by molar-refractivity contribution is 0.273. The summed E-state index contributed by atoms with van der Waals surface area (Å²) in [6, 6.07) is 6.56. The number of pyridine rings is 1. The number of hydrogen-bond acceptors (Lipinski definition) is 3. The third-order valence-corrected chi connectivity index (χ3v) is 4.48. The number of rotatable bonds is 6. The predicted octanol–water partition coefficient (Wildman–Crippen LogP) is 1.27.